The van der Waals surface area contributed by atoms with Gasteiger partial charge in [-0.15, -0.1) is 0 Å². The lowest BCUT2D eigenvalue weighted by Gasteiger charge is -2.07. The maximum absolute atomic E-state index is 11.5. The van der Waals surface area contributed by atoms with E-state index in [0.717, 1.165) is 11.8 Å². The second kappa shape index (κ2) is 5.55. The SMILES string of the molecule is CS(=O)(=O)c1ccc(-n2cc(Cl)nc2-c2ccccc2)nc1. The molecule has 0 bridgehead atoms. The minimum Gasteiger partial charge on any atom is -0.282 e. The zero-order valence-corrected chi connectivity index (χ0v) is 13.2. The van der Waals surface area contributed by atoms with Crippen molar-refractivity contribution in [1.29, 1.82) is 0 Å². The molecule has 3 aromatic rings. The van der Waals surface area contributed by atoms with E-state index < -0.39 is 9.84 Å². The van der Waals surface area contributed by atoms with Crippen LogP contribution in [0.1, 0.15) is 0 Å². The van der Waals surface area contributed by atoms with Crippen LogP contribution in [-0.4, -0.2) is 29.2 Å². The Hall–Kier alpha value is -2.18. The number of pyridine rings is 1. The summed E-state index contributed by atoms with van der Waals surface area (Å²) in [4.78, 5) is 8.67. The van der Waals surface area contributed by atoms with E-state index in [1.807, 2.05) is 30.3 Å². The number of halogens is 1. The highest BCUT2D eigenvalue weighted by Gasteiger charge is 2.13. The number of imidazole rings is 1. The van der Waals surface area contributed by atoms with Crippen molar-refractivity contribution in [1.82, 2.24) is 14.5 Å². The highest BCUT2D eigenvalue weighted by Crippen LogP contribution is 2.24. The minimum absolute atomic E-state index is 0.170. The molecule has 0 aliphatic rings. The summed E-state index contributed by atoms with van der Waals surface area (Å²) >= 11 is 6.01. The fraction of sp³-hybridized carbons (Fsp3) is 0.0667. The summed E-state index contributed by atoms with van der Waals surface area (Å²) in [6, 6.07) is 12.7. The Balaban J connectivity index is 2.10. The van der Waals surface area contributed by atoms with Gasteiger partial charge in [-0.25, -0.2) is 18.4 Å². The molecule has 0 radical (unpaired) electrons. The molecule has 7 heteroatoms. The zero-order valence-electron chi connectivity index (χ0n) is 11.6. The number of rotatable bonds is 3. The van der Waals surface area contributed by atoms with Crippen molar-refractivity contribution in [3.63, 3.8) is 0 Å². The van der Waals surface area contributed by atoms with Gasteiger partial charge in [0.15, 0.2) is 9.84 Å². The van der Waals surface area contributed by atoms with E-state index in [2.05, 4.69) is 9.97 Å². The first-order valence-electron chi connectivity index (χ1n) is 6.42. The van der Waals surface area contributed by atoms with Crippen LogP contribution in [0.3, 0.4) is 0 Å². The quantitative estimate of drug-likeness (QED) is 0.739. The topological polar surface area (TPSA) is 64.8 Å². The van der Waals surface area contributed by atoms with Gasteiger partial charge < -0.3 is 0 Å². The van der Waals surface area contributed by atoms with Crippen molar-refractivity contribution < 1.29 is 8.42 Å². The lowest BCUT2D eigenvalue weighted by Crippen LogP contribution is -2.02. The van der Waals surface area contributed by atoms with Crippen LogP contribution in [0.15, 0.2) is 59.8 Å². The van der Waals surface area contributed by atoms with Gasteiger partial charge in [-0.05, 0) is 12.1 Å². The summed E-state index contributed by atoms with van der Waals surface area (Å²) < 4.78 is 24.7. The van der Waals surface area contributed by atoms with Crippen molar-refractivity contribution in [3.8, 4) is 17.2 Å². The first-order chi connectivity index (χ1) is 10.4. The molecule has 0 atom stereocenters. The van der Waals surface area contributed by atoms with Crippen LogP contribution in [0.2, 0.25) is 5.15 Å². The molecule has 0 unspecified atom stereocenters. The molecule has 0 amide bonds. The first kappa shape index (κ1) is 14.7. The minimum atomic E-state index is -3.27. The molecule has 5 nitrogen and oxygen atoms in total. The molecule has 0 saturated heterocycles. The number of sulfone groups is 1. The van der Waals surface area contributed by atoms with Crippen molar-refractivity contribution in [2.45, 2.75) is 4.90 Å². The number of benzene rings is 1. The third-order valence-corrected chi connectivity index (χ3v) is 4.38. The largest absolute Gasteiger partial charge is 0.282 e. The van der Waals surface area contributed by atoms with Gasteiger partial charge in [0.2, 0.25) is 0 Å². The van der Waals surface area contributed by atoms with E-state index in [4.69, 9.17) is 11.6 Å². The van der Waals surface area contributed by atoms with Gasteiger partial charge in [0.05, 0.1) is 4.90 Å². The van der Waals surface area contributed by atoms with Gasteiger partial charge >= 0.3 is 0 Å². The van der Waals surface area contributed by atoms with Gasteiger partial charge in [-0.1, -0.05) is 41.9 Å². The Morgan fingerprint density at radius 2 is 1.82 bits per heavy atom. The molecule has 3 rings (SSSR count). The van der Waals surface area contributed by atoms with Crippen LogP contribution < -0.4 is 0 Å². The van der Waals surface area contributed by atoms with Crippen molar-refractivity contribution in [3.05, 3.63) is 60.0 Å². The Morgan fingerprint density at radius 1 is 1.09 bits per heavy atom. The van der Waals surface area contributed by atoms with Gasteiger partial charge in [0, 0.05) is 24.2 Å². The highest BCUT2D eigenvalue weighted by molar-refractivity contribution is 7.90. The van der Waals surface area contributed by atoms with E-state index in [1.165, 1.54) is 12.3 Å². The van der Waals surface area contributed by atoms with E-state index in [9.17, 15) is 8.42 Å². The Labute approximate surface area is 133 Å². The van der Waals surface area contributed by atoms with Crippen molar-refractivity contribution in [2.24, 2.45) is 0 Å². The van der Waals surface area contributed by atoms with Crippen molar-refractivity contribution >= 4 is 21.4 Å². The number of hydrogen-bond donors (Lipinski definition) is 0. The number of nitrogens with zero attached hydrogens (tertiary/aromatic N) is 3. The third kappa shape index (κ3) is 2.88. The summed E-state index contributed by atoms with van der Waals surface area (Å²) in [6.45, 7) is 0. The number of hydrogen-bond acceptors (Lipinski definition) is 4. The summed E-state index contributed by atoms with van der Waals surface area (Å²) in [5.74, 6) is 1.19. The monoisotopic (exact) mass is 333 g/mol. The van der Waals surface area contributed by atoms with Crippen LogP contribution in [0.25, 0.3) is 17.2 Å². The van der Waals surface area contributed by atoms with E-state index >= 15 is 0 Å². The molecule has 2 aromatic heterocycles. The van der Waals surface area contributed by atoms with Gasteiger partial charge in [0.25, 0.3) is 0 Å². The Morgan fingerprint density at radius 3 is 2.41 bits per heavy atom. The van der Waals surface area contributed by atoms with Gasteiger partial charge in [-0.3, -0.25) is 4.57 Å². The van der Waals surface area contributed by atoms with Crippen molar-refractivity contribution in [2.75, 3.05) is 6.26 Å². The predicted octanol–water partition coefficient (Wildman–Crippen LogP) is 2.99. The molecule has 0 aliphatic heterocycles. The summed E-state index contributed by atoms with van der Waals surface area (Å²) in [5.41, 5.74) is 0.892. The lowest BCUT2D eigenvalue weighted by atomic mass is 10.2. The average Bonchev–Trinajstić information content (AvgIpc) is 2.89. The normalized spacial score (nSPS) is 11.5. The summed E-state index contributed by atoms with van der Waals surface area (Å²) in [5, 5.41) is 0.341. The second-order valence-corrected chi connectivity index (χ2v) is 7.15. The molecule has 0 fully saturated rings. The highest BCUT2D eigenvalue weighted by atomic mass is 35.5. The standard InChI is InChI=1S/C15H12ClN3O2S/c1-22(20,21)12-7-8-14(17-9-12)19-10-13(16)18-15(19)11-5-3-2-4-6-11/h2-10H,1H3. The van der Waals surface area contributed by atoms with E-state index in [0.29, 0.717) is 16.8 Å². The molecule has 1 aromatic carbocycles. The molecular formula is C15H12ClN3O2S. The molecule has 0 N–H and O–H groups in total. The average molecular weight is 334 g/mol. The number of aromatic nitrogens is 3. The molecule has 0 spiro atoms. The second-order valence-electron chi connectivity index (χ2n) is 4.75. The summed E-state index contributed by atoms with van der Waals surface area (Å²) in [7, 11) is -3.27. The van der Waals surface area contributed by atoms with Gasteiger partial charge in [0.1, 0.15) is 16.8 Å². The third-order valence-electron chi connectivity index (χ3n) is 3.10. The van der Waals surface area contributed by atoms with Crippen LogP contribution in [0.5, 0.6) is 0 Å². The van der Waals surface area contributed by atoms with Crippen LogP contribution in [-0.2, 0) is 9.84 Å². The predicted molar refractivity (Wildman–Crippen MR) is 84.9 cm³/mol. The Bertz CT molecular complexity index is 904. The van der Waals surface area contributed by atoms with Crippen LogP contribution >= 0.6 is 11.6 Å². The molecule has 0 aliphatic carbocycles. The maximum Gasteiger partial charge on any atom is 0.177 e. The molecule has 0 saturated carbocycles. The van der Waals surface area contributed by atoms with Crippen LogP contribution in [0.4, 0.5) is 0 Å². The molecular weight excluding hydrogens is 322 g/mol. The maximum atomic E-state index is 11.5. The molecule has 2 heterocycles. The smallest absolute Gasteiger partial charge is 0.177 e. The van der Waals surface area contributed by atoms with E-state index in [1.54, 1.807) is 16.8 Å². The lowest BCUT2D eigenvalue weighted by molar-refractivity contribution is 0.601. The van der Waals surface area contributed by atoms with Crippen LogP contribution in [0, 0.1) is 0 Å². The fourth-order valence-corrected chi connectivity index (χ4v) is 2.79. The molecule has 112 valence electrons. The Kier molecular flexibility index (Phi) is 3.72. The van der Waals surface area contributed by atoms with E-state index in [-0.39, 0.29) is 4.90 Å². The molecule has 22 heavy (non-hydrogen) atoms. The fourth-order valence-electron chi connectivity index (χ4n) is 2.05. The zero-order chi connectivity index (χ0) is 15.7. The summed E-state index contributed by atoms with van der Waals surface area (Å²) in [6.07, 6.45) is 4.12. The van der Waals surface area contributed by atoms with Gasteiger partial charge in [-0.2, -0.15) is 0 Å². The first-order valence-corrected chi connectivity index (χ1v) is 8.69.